The van der Waals surface area contributed by atoms with Gasteiger partial charge in [0.05, 0.1) is 0 Å². The maximum absolute atomic E-state index is 5.36. The lowest BCUT2D eigenvalue weighted by Gasteiger charge is -2.28. The lowest BCUT2D eigenvalue weighted by atomic mass is 9.95. The van der Waals surface area contributed by atoms with Crippen LogP contribution >= 0.6 is 12.2 Å². The summed E-state index contributed by atoms with van der Waals surface area (Å²) in [6, 6.07) is 10.6. The van der Waals surface area contributed by atoms with Gasteiger partial charge >= 0.3 is 0 Å². The normalized spacial score (nSPS) is 11.7. The van der Waals surface area contributed by atoms with Gasteiger partial charge in [-0.15, -0.1) is 0 Å². The lowest BCUT2D eigenvalue weighted by molar-refractivity contribution is 0.318. The van der Waals surface area contributed by atoms with Gasteiger partial charge in [-0.3, -0.25) is 0 Å². The Kier molecular flexibility index (Phi) is 3.71. The molecule has 0 atom stereocenters. The highest BCUT2D eigenvalue weighted by atomic mass is 32.1. The maximum atomic E-state index is 5.36. The van der Waals surface area contributed by atoms with Crippen LogP contribution in [-0.4, -0.2) is 9.55 Å². The molecule has 0 aliphatic carbocycles. The largest absolute Gasteiger partial charge is 0.337 e. The second kappa shape index (κ2) is 5.11. The summed E-state index contributed by atoms with van der Waals surface area (Å²) in [4.78, 5) is 3.12. The van der Waals surface area contributed by atoms with Gasteiger partial charge in [0, 0.05) is 17.4 Å². The summed E-state index contributed by atoms with van der Waals surface area (Å²) in [5, 5.41) is 0. The van der Waals surface area contributed by atoms with Crippen molar-refractivity contribution in [2.75, 3.05) is 0 Å². The molecule has 96 valence electrons. The van der Waals surface area contributed by atoms with Crippen molar-refractivity contribution >= 4 is 12.2 Å². The maximum Gasteiger partial charge on any atom is 0.177 e. The molecule has 0 radical (unpaired) electrons. The second-order valence-corrected chi connectivity index (χ2v) is 5.76. The highest BCUT2D eigenvalue weighted by Gasteiger charge is 2.22. The summed E-state index contributed by atoms with van der Waals surface area (Å²) in [6.45, 7) is 6.58. The average Bonchev–Trinajstić information content (AvgIpc) is 2.69. The van der Waals surface area contributed by atoms with E-state index in [-0.39, 0.29) is 5.54 Å². The van der Waals surface area contributed by atoms with Gasteiger partial charge in [-0.25, -0.2) is 0 Å². The van der Waals surface area contributed by atoms with E-state index in [9.17, 15) is 0 Å². The van der Waals surface area contributed by atoms with E-state index in [2.05, 4.69) is 60.7 Å². The number of aromatic amines is 1. The van der Waals surface area contributed by atoms with E-state index in [1.807, 2.05) is 6.20 Å². The monoisotopic (exact) mass is 260 g/mol. The van der Waals surface area contributed by atoms with Gasteiger partial charge in [0.15, 0.2) is 4.77 Å². The number of aromatic nitrogens is 2. The molecule has 3 heteroatoms. The molecule has 0 aliphatic heterocycles. The molecule has 0 unspecified atom stereocenters. The van der Waals surface area contributed by atoms with Crippen molar-refractivity contribution in [1.29, 1.82) is 0 Å². The van der Waals surface area contributed by atoms with Gasteiger partial charge < -0.3 is 9.55 Å². The number of nitrogens with zero attached hydrogens (tertiary/aromatic N) is 1. The Morgan fingerprint density at radius 2 is 1.89 bits per heavy atom. The van der Waals surface area contributed by atoms with Crippen LogP contribution in [0.3, 0.4) is 0 Å². The highest BCUT2D eigenvalue weighted by molar-refractivity contribution is 7.71. The zero-order valence-corrected chi connectivity index (χ0v) is 12.1. The predicted octanol–water partition coefficient (Wildman–Crippen LogP) is 4.22. The minimum atomic E-state index is 0.0387. The number of rotatable bonds is 4. The van der Waals surface area contributed by atoms with Crippen LogP contribution in [0.2, 0.25) is 0 Å². The molecule has 1 N–H and O–H groups in total. The van der Waals surface area contributed by atoms with Crippen molar-refractivity contribution in [3.05, 3.63) is 52.6 Å². The van der Waals surface area contributed by atoms with Crippen LogP contribution in [0.25, 0.3) is 0 Å². The lowest BCUT2D eigenvalue weighted by Crippen LogP contribution is -2.28. The fraction of sp³-hybridized carbons (Fsp3) is 0.400. The van der Waals surface area contributed by atoms with E-state index in [0.29, 0.717) is 0 Å². The van der Waals surface area contributed by atoms with E-state index in [1.165, 1.54) is 11.3 Å². The fourth-order valence-corrected chi connectivity index (χ4v) is 2.86. The Hall–Kier alpha value is -1.35. The molecule has 2 aromatic rings. The number of nitrogens with one attached hydrogen (secondary N) is 1. The van der Waals surface area contributed by atoms with E-state index >= 15 is 0 Å². The standard InChI is InChI=1S/C15H20N2S/c1-12-11-16-14(18)17(12)15(2,3)10-9-13-7-5-4-6-8-13/h4-8,11H,9-10H2,1-3H3,(H,16,18). The Balaban J connectivity index is 2.15. The Bertz CT molecular complexity index is 564. The van der Waals surface area contributed by atoms with Crippen LogP contribution in [0.4, 0.5) is 0 Å². The minimum absolute atomic E-state index is 0.0387. The molecule has 0 amide bonds. The zero-order chi connectivity index (χ0) is 13.2. The molecule has 18 heavy (non-hydrogen) atoms. The van der Waals surface area contributed by atoms with Crippen molar-refractivity contribution < 1.29 is 0 Å². The van der Waals surface area contributed by atoms with Gasteiger partial charge in [-0.1, -0.05) is 30.3 Å². The number of hydrogen-bond donors (Lipinski definition) is 1. The molecular weight excluding hydrogens is 240 g/mol. The Labute approximate surface area is 114 Å². The Morgan fingerprint density at radius 1 is 1.22 bits per heavy atom. The van der Waals surface area contributed by atoms with E-state index < -0.39 is 0 Å². The number of hydrogen-bond acceptors (Lipinski definition) is 1. The first kappa shape index (κ1) is 13.1. The summed E-state index contributed by atoms with van der Waals surface area (Å²) >= 11 is 5.36. The van der Waals surface area contributed by atoms with E-state index in [1.54, 1.807) is 0 Å². The second-order valence-electron chi connectivity index (χ2n) is 5.37. The van der Waals surface area contributed by atoms with Crippen molar-refractivity contribution in [3.8, 4) is 0 Å². The van der Waals surface area contributed by atoms with Crippen molar-refractivity contribution in [2.24, 2.45) is 0 Å². The molecule has 0 spiro atoms. The van der Waals surface area contributed by atoms with E-state index in [4.69, 9.17) is 12.2 Å². The molecule has 2 nitrogen and oxygen atoms in total. The molecule has 1 aromatic carbocycles. The van der Waals surface area contributed by atoms with Crippen LogP contribution in [-0.2, 0) is 12.0 Å². The molecule has 1 heterocycles. The first-order valence-electron chi connectivity index (χ1n) is 6.32. The summed E-state index contributed by atoms with van der Waals surface area (Å²) < 4.78 is 3.02. The zero-order valence-electron chi connectivity index (χ0n) is 11.2. The van der Waals surface area contributed by atoms with Gasteiger partial charge in [-0.2, -0.15) is 0 Å². The van der Waals surface area contributed by atoms with Crippen molar-refractivity contribution in [2.45, 2.75) is 39.2 Å². The first-order chi connectivity index (χ1) is 8.50. The molecule has 0 saturated heterocycles. The topological polar surface area (TPSA) is 20.7 Å². The summed E-state index contributed by atoms with van der Waals surface area (Å²) in [7, 11) is 0. The van der Waals surface area contributed by atoms with Crippen LogP contribution in [0.5, 0.6) is 0 Å². The summed E-state index contributed by atoms with van der Waals surface area (Å²) in [5.74, 6) is 0. The fourth-order valence-electron chi connectivity index (χ4n) is 2.41. The summed E-state index contributed by atoms with van der Waals surface area (Å²) in [5.41, 5.74) is 2.61. The van der Waals surface area contributed by atoms with Crippen LogP contribution in [0.1, 0.15) is 31.5 Å². The van der Waals surface area contributed by atoms with Crippen molar-refractivity contribution in [1.82, 2.24) is 9.55 Å². The van der Waals surface area contributed by atoms with E-state index in [0.717, 1.165) is 17.6 Å². The number of benzene rings is 1. The van der Waals surface area contributed by atoms with Crippen LogP contribution in [0, 0.1) is 11.7 Å². The third-order valence-corrected chi connectivity index (χ3v) is 3.73. The van der Waals surface area contributed by atoms with Gasteiger partial charge in [0.25, 0.3) is 0 Å². The van der Waals surface area contributed by atoms with Crippen molar-refractivity contribution in [3.63, 3.8) is 0 Å². The molecule has 0 bridgehead atoms. The van der Waals surface area contributed by atoms with Gasteiger partial charge in [0.2, 0.25) is 0 Å². The predicted molar refractivity (Wildman–Crippen MR) is 78.4 cm³/mol. The molecule has 2 rings (SSSR count). The molecule has 1 aromatic heterocycles. The SMILES string of the molecule is Cc1c[nH]c(=S)n1C(C)(C)CCc1ccccc1. The average molecular weight is 260 g/mol. The first-order valence-corrected chi connectivity index (χ1v) is 6.73. The van der Waals surface area contributed by atoms with Gasteiger partial charge in [-0.05, 0) is 51.4 Å². The third-order valence-electron chi connectivity index (χ3n) is 3.43. The smallest absolute Gasteiger partial charge is 0.177 e. The molecular formula is C15H20N2S. The Morgan fingerprint density at radius 3 is 2.44 bits per heavy atom. The summed E-state index contributed by atoms with van der Waals surface area (Å²) in [6.07, 6.45) is 4.12. The van der Waals surface area contributed by atoms with Crippen LogP contribution < -0.4 is 0 Å². The quantitative estimate of drug-likeness (QED) is 0.816. The highest BCUT2D eigenvalue weighted by Crippen LogP contribution is 2.24. The third kappa shape index (κ3) is 2.72. The molecule has 0 aliphatic rings. The number of aryl methyl sites for hydroxylation is 2. The number of imidazole rings is 1. The molecule has 0 saturated carbocycles. The van der Waals surface area contributed by atoms with Crippen LogP contribution in [0.15, 0.2) is 36.5 Å². The minimum Gasteiger partial charge on any atom is -0.337 e. The van der Waals surface area contributed by atoms with Gasteiger partial charge in [0.1, 0.15) is 0 Å². The molecule has 0 fully saturated rings. The number of H-pyrrole nitrogens is 1.